The topological polar surface area (TPSA) is 85.8 Å². The van der Waals surface area contributed by atoms with Gasteiger partial charge in [-0.2, -0.15) is 9.61 Å². The molecule has 4 heterocycles. The molecule has 5 aromatic rings. The van der Waals surface area contributed by atoms with Crippen LogP contribution in [0.3, 0.4) is 0 Å². The normalized spacial score (nSPS) is 12.6. The van der Waals surface area contributed by atoms with E-state index < -0.39 is 0 Å². The van der Waals surface area contributed by atoms with Crippen molar-refractivity contribution < 1.29 is 0 Å². The summed E-state index contributed by atoms with van der Waals surface area (Å²) >= 11 is 1.47. The molecule has 0 spiro atoms. The number of aryl methyl sites for hydroxylation is 1. The Hall–Kier alpha value is -3.33. The molecule has 0 aliphatic carbocycles. The van der Waals surface area contributed by atoms with Crippen LogP contribution >= 0.6 is 11.3 Å². The van der Waals surface area contributed by atoms with E-state index in [0.717, 1.165) is 44.6 Å². The Labute approximate surface area is 164 Å². The monoisotopic (exact) mass is 390 g/mol. The summed E-state index contributed by atoms with van der Waals surface area (Å²) < 4.78 is 3.68. The third kappa shape index (κ3) is 2.89. The number of aromatic nitrogens is 7. The predicted octanol–water partition coefficient (Wildman–Crippen LogP) is 3.85. The number of hydrogen-bond donors (Lipinski definition) is 1. The fourth-order valence-electron chi connectivity index (χ4n) is 3.19. The van der Waals surface area contributed by atoms with Crippen LogP contribution < -0.4 is 5.32 Å². The molecule has 1 atom stereocenters. The molecule has 0 radical (unpaired) electrons. The van der Waals surface area contributed by atoms with Crippen LogP contribution in [0.4, 0.5) is 10.8 Å². The van der Waals surface area contributed by atoms with Crippen LogP contribution in [0.2, 0.25) is 0 Å². The molecule has 0 aliphatic rings. The van der Waals surface area contributed by atoms with Crippen LogP contribution in [0.25, 0.3) is 15.9 Å². The van der Waals surface area contributed by atoms with Gasteiger partial charge in [-0.05, 0) is 30.7 Å². The molecule has 0 amide bonds. The molecule has 28 heavy (non-hydrogen) atoms. The second-order valence-electron chi connectivity index (χ2n) is 6.55. The summed E-state index contributed by atoms with van der Waals surface area (Å²) in [6.07, 6.45) is 5.55. The van der Waals surface area contributed by atoms with E-state index in [9.17, 15) is 0 Å². The second kappa shape index (κ2) is 6.68. The first-order chi connectivity index (χ1) is 13.7. The predicted molar refractivity (Wildman–Crippen MR) is 109 cm³/mol. The fourth-order valence-corrected chi connectivity index (χ4v) is 3.96. The largest absolute Gasteiger partial charge is 0.327 e. The van der Waals surface area contributed by atoms with Crippen molar-refractivity contribution in [2.24, 2.45) is 0 Å². The van der Waals surface area contributed by atoms with Crippen LogP contribution in [0, 0.1) is 0 Å². The molecule has 4 aromatic heterocycles. The number of nitrogens with one attached hydrogen (secondary N) is 1. The van der Waals surface area contributed by atoms with Crippen molar-refractivity contribution in [3.05, 3.63) is 60.3 Å². The number of rotatable bonds is 5. The Kier molecular flexibility index (Phi) is 4.01. The average Bonchev–Trinajstić information content (AvgIpc) is 3.43. The van der Waals surface area contributed by atoms with Crippen molar-refractivity contribution >= 4 is 38.0 Å². The lowest BCUT2D eigenvalue weighted by molar-refractivity contribution is 0.660. The summed E-state index contributed by atoms with van der Waals surface area (Å²) in [5.41, 5.74) is 3.04. The van der Waals surface area contributed by atoms with Crippen LogP contribution in [0.5, 0.6) is 0 Å². The van der Waals surface area contributed by atoms with Gasteiger partial charge in [-0.1, -0.05) is 30.4 Å². The van der Waals surface area contributed by atoms with E-state index in [2.05, 4.69) is 62.7 Å². The molecular formula is C19H18N8S. The summed E-state index contributed by atoms with van der Waals surface area (Å²) in [7, 11) is 0. The minimum absolute atomic E-state index is 0.0531. The molecule has 9 heteroatoms. The standard InChI is InChI=1S/C19H18N8S/c1-3-26-11-15(10-21-26)22-18-25-27-17(23-24-19(27)28-18)12(2)13-6-7-16-14(9-13)5-4-8-20-16/h4-12H,3H2,1-2H3,(H,22,25)/t12-/m0/s1. The van der Waals surface area contributed by atoms with E-state index in [1.54, 1.807) is 6.20 Å². The molecule has 0 unspecified atom stereocenters. The zero-order chi connectivity index (χ0) is 19.1. The van der Waals surface area contributed by atoms with Gasteiger partial charge in [0, 0.05) is 30.2 Å². The minimum atomic E-state index is 0.0531. The van der Waals surface area contributed by atoms with Crippen molar-refractivity contribution in [1.29, 1.82) is 0 Å². The van der Waals surface area contributed by atoms with E-state index in [-0.39, 0.29) is 5.92 Å². The highest BCUT2D eigenvalue weighted by atomic mass is 32.1. The first-order valence-electron chi connectivity index (χ1n) is 9.07. The number of fused-ring (bicyclic) bond motifs is 2. The molecule has 0 saturated carbocycles. The SMILES string of the molecule is CCn1cc(Nc2nn3c([C@@H](C)c4ccc5ncccc5c4)nnc3s2)cn1. The van der Waals surface area contributed by atoms with Gasteiger partial charge < -0.3 is 5.32 Å². The lowest BCUT2D eigenvalue weighted by Gasteiger charge is -2.10. The van der Waals surface area contributed by atoms with Gasteiger partial charge in [-0.15, -0.1) is 15.3 Å². The van der Waals surface area contributed by atoms with E-state index in [4.69, 9.17) is 0 Å². The fraction of sp³-hybridized carbons (Fsp3) is 0.211. The third-order valence-electron chi connectivity index (χ3n) is 4.74. The van der Waals surface area contributed by atoms with Crippen molar-refractivity contribution in [2.45, 2.75) is 26.3 Å². The molecule has 0 bridgehead atoms. The molecular weight excluding hydrogens is 372 g/mol. The van der Waals surface area contributed by atoms with Gasteiger partial charge >= 0.3 is 0 Å². The van der Waals surface area contributed by atoms with Crippen LogP contribution in [-0.4, -0.2) is 34.6 Å². The highest BCUT2D eigenvalue weighted by Gasteiger charge is 2.19. The van der Waals surface area contributed by atoms with Gasteiger partial charge in [0.25, 0.3) is 0 Å². The second-order valence-corrected chi connectivity index (χ2v) is 7.50. The Balaban J connectivity index is 1.47. The van der Waals surface area contributed by atoms with Crippen molar-refractivity contribution in [1.82, 2.24) is 34.6 Å². The van der Waals surface area contributed by atoms with E-state index >= 15 is 0 Å². The number of hydrogen-bond acceptors (Lipinski definition) is 7. The molecule has 5 rings (SSSR count). The van der Waals surface area contributed by atoms with Gasteiger partial charge in [-0.25, -0.2) is 0 Å². The van der Waals surface area contributed by atoms with Gasteiger partial charge in [0.15, 0.2) is 5.82 Å². The first-order valence-corrected chi connectivity index (χ1v) is 9.89. The summed E-state index contributed by atoms with van der Waals surface area (Å²) in [6.45, 7) is 5.00. The van der Waals surface area contributed by atoms with E-state index in [1.807, 2.05) is 33.7 Å². The smallest absolute Gasteiger partial charge is 0.236 e. The minimum Gasteiger partial charge on any atom is -0.327 e. The Bertz CT molecular complexity index is 1270. The van der Waals surface area contributed by atoms with E-state index in [0.29, 0.717) is 0 Å². The molecule has 8 nitrogen and oxygen atoms in total. The first kappa shape index (κ1) is 16.8. The third-order valence-corrected chi connectivity index (χ3v) is 5.55. The molecule has 140 valence electrons. The summed E-state index contributed by atoms with van der Waals surface area (Å²) in [4.78, 5) is 5.15. The number of anilines is 2. The quantitative estimate of drug-likeness (QED) is 0.491. The molecule has 0 saturated heterocycles. The summed E-state index contributed by atoms with van der Waals surface area (Å²) in [5, 5.41) is 22.8. The van der Waals surface area contributed by atoms with Crippen molar-refractivity contribution in [3.63, 3.8) is 0 Å². The highest BCUT2D eigenvalue weighted by Crippen LogP contribution is 2.29. The lowest BCUT2D eigenvalue weighted by atomic mass is 9.99. The van der Waals surface area contributed by atoms with Gasteiger partial charge in [-0.3, -0.25) is 9.67 Å². The van der Waals surface area contributed by atoms with Crippen LogP contribution in [-0.2, 0) is 6.54 Å². The lowest BCUT2D eigenvalue weighted by Crippen LogP contribution is -2.04. The average molecular weight is 390 g/mol. The Morgan fingerprint density at radius 3 is 3.00 bits per heavy atom. The molecule has 1 aromatic carbocycles. The summed E-state index contributed by atoms with van der Waals surface area (Å²) in [5.74, 6) is 0.865. The number of pyridine rings is 1. The van der Waals surface area contributed by atoms with E-state index in [1.165, 1.54) is 11.3 Å². The maximum Gasteiger partial charge on any atom is 0.236 e. The molecule has 0 fully saturated rings. The zero-order valence-electron chi connectivity index (χ0n) is 15.4. The van der Waals surface area contributed by atoms with Crippen molar-refractivity contribution in [3.8, 4) is 0 Å². The van der Waals surface area contributed by atoms with Gasteiger partial charge in [0.2, 0.25) is 10.1 Å². The molecule has 1 N–H and O–H groups in total. The van der Waals surface area contributed by atoms with Crippen LogP contribution in [0.15, 0.2) is 48.9 Å². The zero-order valence-corrected chi connectivity index (χ0v) is 16.3. The Morgan fingerprint density at radius 1 is 1.21 bits per heavy atom. The van der Waals surface area contributed by atoms with Gasteiger partial charge in [0.1, 0.15) is 0 Å². The maximum absolute atomic E-state index is 4.66. The molecule has 0 aliphatic heterocycles. The Morgan fingerprint density at radius 2 is 2.14 bits per heavy atom. The summed E-state index contributed by atoms with van der Waals surface area (Å²) in [6, 6.07) is 10.3. The van der Waals surface area contributed by atoms with Gasteiger partial charge in [0.05, 0.1) is 17.4 Å². The number of nitrogens with zero attached hydrogens (tertiary/aromatic N) is 7. The van der Waals surface area contributed by atoms with Crippen LogP contribution in [0.1, 0.15) is 31.2 Å². The van der Waals surface area contributed by atoms with Crippen molar-refractivity contribution in [2.75, 3.05) is 5.32 Å². The highest BCUT2D eigenvalue weighted by molar-refractivity contribution is 7.20. The number of benzene rings is 1. The maximum atomic E-state index is 4.66.